The molecule has 1 spiro atoms. The molecule has 1 saturated carbocycles. The quantitative estimate of drug-likeness (QED) is 0.684. The van der Waals surface area contributed by atoms with Crippen LogP contribution in [-0.2, 0) is 6.42 Å². The van der Waals surface area contributed by atoms with E-state index in [2.05, 4.69) is 5.32 Å². The fraction of sp³-hybridized carbons (Fsp3) is 0.600. The molecule has 1 aliphatic carbocycles. The summed E-state index contributed by atoms with van der Waals surface area (Å²) in [4.78, 5) is 11.2. The average molecular weight is 299 g/mol. The molecule has 1 saturated heterocycles. The second-order valence-electron chi connectivity index (χ2n) is 6.35. The van der Waals surface area contributed by atoms with E-state index in [1.165, 1.54) is 24.6 Å². The molecule has 1 aliphatic heterocycles. The highest BCUT2D eigenvalue weighted by Gasteiger charge is 2.50. The third kappa shape index (κ3) is 2.95. The van der Waals surface area contributed by atoms with Gasteiger partial charge in [0.2, 0.25) is 0 Å². The Bertz CT molecular complexity index is 552. The van der Waals surface area contributed by atoms with Gasteiger partial charge in [-0.1, -0.05) is 12.1 Å². The molecule has 114 valence electrons. The van der Waals surface area contributed by atoms with E-state index >= 15 is 0 Å². The van der Waals surface area contributed by atoms with Crippen molar-refractivity contribution in [3.8, 4) is 0 Å². The van der Waals surface area contributed by atoms with Crippen molar-refractivity contribution in [2.24, 2.45) is 11.3 Å². The normalized spacial score (nSPS) is 24.0. The Hall–Kier alpha value is -1.43. The number of nitrogens with zero attached hydrogens (tertiary/aromatic N) is 1. The van der Waals surface area contributed by atoms with Crippen LogP contribution in [0.4, 0.5) is 18.9 Å². The zero-order valence-electron chi connectivity index (χ0n) is 11.6. The lowest BCUT2D eigenvalue weighted by atomic mass is 9.79. The highest BCUT2D eigenvalue weighted by atomic mass is 19.4. The number of halogens is 3. The number of nitrogens with one attached hydrogen (secondary N) is 1. The van der Waals surface area contributed by atoms with Crippen LogP contribution in [0.5, 0.6) is 0 Å². The third-order valence-corrected chi connectivity index (χ3v) is 4.70. The van der Waals surface area contributed by atoms with E-state index in [0.717, 1.165) is 37.9 Å². The Morgan fingerprint density at radius 2 is 2.10 bits per heavy atom. The Labute approximate surface area is 121 Å². The molecule has 21 heavy (non-hydrogen) atoms. The van der Waals surface area contributed by atoms with Crippen LogP contribution in [0.15, 0.2) is 24.3 Å². The van der Waals surface area contributed by atoms with E-state index in [0.29, 0.717) is 11.3 Å². The monoisotopic (exact) mass is 299 g/mol. The van der Waals surface area contributed by atoms with Gasteiger partial charge in [0, 0.05) is 30.1 Å². The van der Waals surface area contributed by atoms with E-state index in [1.807, 2.05) is 0 Å². The van der Waals surface area contributed by atoms with E-state index < -0.39 is 11.1 Å². The van der Waals surface area contributed by atoms with E-state index in [1.54, 1.807) is 6.07 Å². The molecule has 1 aromatic rings. The van der Waals surface area contributed by atoms with Crippen LogP contribution >= 0.6 is 0 Å². The van der Waals surface area contributed by atoms with E-state index in [4.69, 9.17) is 0 Å². The molecule has 2 aliphatic rings. The Kier molecular flexibility index (Phi) is 3.51. The van der Waals surface area contributed by atoms with Crippen LogP contribution < -0.4 is 5.32 Å². The SMILES string of the molecule is O=[N+](c1cccc(C[C@H]2CCC3(CNC3)C2)c1)C(F)(F)F. The number of hydrogen-bond donors (Lipinski definition) is 1. The number of rotatable bonds is 3. The molecular formula is C15H18F3N2O+. The van der Waals surface area contributed by atoms with Gasteiger partial charge in [-0.15, -0.1) is 13.2 Å². The van der Waals surface area contributed by atoms with Gasteiger partial charge < -0.3 is 5.32 Å². The smallest absolute Gasteiger partial charge is 0.316 e. The van der Waals surface area contributed by atoms with Gasteiger partial charge in [0.15, 0.2) is 0 Å². The van der Waals surface area contributed by atoms with Crippen molar-refractivity contribution < 1.29 is 17.9 Å². The maximum Gasteiger partial charge on any atom is 0.683 e. The van der Waals surface area contributed by atoms with Crippen molar-refractivity contribution in [2.75, 3.05) is 13.1 Å². The summed E-state index contributed by atoms with van der Waals surface area (Å²) >= 11 is 0. The van der Waals surface area contributed by atoms with Crippen LogP contribution in [0.2, 0.25) is 0 Å². The lowest BCUT2D eigenvalue weighted by Crippen LogP contribution is -2.51. The Morgan fingerprint density at radius 3 is 2.67 bits per heavy atom. The summed E-state index contributed by atoms with van der Waals surface area (Å²) in [5.74, 6) is 0.508. The van der Waals surface area contributed by atoms with Gasteiger partial charge in [0.25, 0.3) is 5.69 Å². The summed E-state index contributed by atoms with van der Waals surface area (Å²) in [7, 11) is 0. The van der Waals surface area contributed by atoms with Gasteiger partial charge in [-0.25, -0.2) is 0 Å². The second-order valence-corrected chi connectivity index (χ2v) is 6.35. The Balaban J connectivity index is 1.68. The molecule has 1 N–H and O–H groups in total. The number of benzene rings is 1. The summed E-state index contributed by atoms with van der Waals surface area (Å²) in [6, 6.07) is 5.90. The summed E-state index contributed by atoms with van der Waals surface area (Å²) < 4.78 is 36.4. The molecular weight excluding hydrogens is 281 g/mol. The van der Waals surface area contributed by atoms with Crippen molar-refractivity contribution >= 4 is 5.69 Å². The lowest BCUT2D eigenvalue weighted by Gasteiger charge is -2.39. The molecule has 0 bridgehead atoms. The lowest BCUT2D eigenvalue weighted by molar-refractivity contribution is -0.671. The highest BCUT2D eigenvalue weighted by Crippen LogP contribution is 2.45. The molecule has 2 fully saturated rings. The van der Waals surface area contributed by atoms with Gasteiger partial charge in [0.1, 0.15) is 4.76 Å². The van der Waals surface area contributed by atoms with Crippen molar-refractivity contribution in [2.45, 2.75) is 32.0 Å². The zero-order valence-corrected chi connectivity index (χ0v) is 11.6. The van der Waals surface area contributed by atoms with Crippen molar-refractivity contribution in [3.63, 3.8) is 0 Å². The summed E-state index contributed by atoms with van der Waals surface area (Å²) in [6.07, 6.45) is -0.688. The van der Waals surface area contributed by atoms with Gasteiger partial charge in [-0.2, -0.15) is 0 Å². The second kappa shape index (κ2) is 5.09. The first-order valence-corrected chi connectivity index (χ1v) is 7.22. The molecule has 6 heteroatoms. The van der Waals surface area contributed by atoms with Crippen molar-refractivity contribution in [1.29, 1.82) is 0 Å². The maximum atomic E-state index is 12.4. The van der Waals surface area contributed by atoms with Crippen LogP contribution in [0.1, 0.15) is 24.8 Å². The summed E-state index contributed by atoms with van der Waals surface area (Å²) in [6.45, 7) is 2.12. The first-order chi connectivity index (χ1) is 9.88. The topological polar surface area (TPSA) is 32.1 Å². The Morgan fingerprint density at radius 1 is 1.33 bits per heavy atom. The molecule has 1 atom stereocenters. The number of alkyl halides is 3. The highest BCUT2D eigenvalue weighted by molar-refractivity contribution is 5.34. The molecule has 0 aromatic heterocycles. The van der Waals surface area contributed by atoms with Gasteiger partial charge in [-0.05, 0) is 42.6 Å². The average Bonchev–Trinajstić information content (AvgIpc) is 2.81. The fourth-order valence-electron chi connectivity index (χ4n) is 3.59. The first kappa shape index (κ1) is 14.5. The van der Waals surface area contributed by atoms with Crippen LogP contribution in [-0.4, -0.2) is 24.1 Å². The predicted octanol–water partition coefficient (Wildman–Crippen LogP) is 3.55. The van der Waals surface area contributed by atoms with Crippen molar-refractivity contribution in [1.82, 2.24) is 5.32 Å². The first-order valence-electron chi connectivity index (χ1n) is 7.22. The van der Waals surface area contributed by atoms with E-state index in [-0.39, 0.29) is 5.69 Å². The molecule has 3 nitrogen and oxygen atoms in total. The predicted molar refractivity (Wildman–Crippen MR) is 72.1 cm³/mol. The van der Waals surface area contributed by atoms with Gasteiger partial charge in [-0.3, -0.25) is 0 Å². The van der Waals surface area contributed by atoms with Crippen LogP contribution in [0, 0.1) is 16.2 Å². The summed E-state index contributed by atoms with van der Waals surface area (Å²) in [5.41, 5.74) is 0.906. The zero-order chi connectivity index (χ0) is 15.1. The van der Waals surface area contributed by atoms with E-state index in [9.17, 15) is 18.1 Å². The molecule has 0 amide bonds. The third-order valence-electron chi connectivity index (χ3n) is 4.70. The van der Waals surface area contributed by atoms with Crippen molar-refractivity contribution in [3.05, 3.63) is 34.7 Å². The molecule has 0 radical (unpaired) electrons. The standard InChI is InChI=1S/C15H18F3N2O/c16-15(17,18)20(21)13-3-1-2-11(7-13)6-12-4-5-14(8-12)9-19-10-14/h1-3,7,12,19H,4-6,8-10H2/q+1/t12-/m1/s1. The largest absolute Gasteiger partial charge is 0.683 e. The number of nitroso groups, excluding NO2 is 1. The molecule has 0 unspecified atom stereocenters. The van der Waals surface area contributed by atoms with Gasteiger partial charge in [0.05, 0.1) is 0 Å². The molecule has 1 heterocycles. The summed E-state index contributed by atoms with van der Waals surface area (Å²) in [5, 5.41) is 3.30. The minimum absolute atomic E-state index is 0.335. The number of hydrogen-bond acceptors (Lipinski definition) is 2. The maximum absolute atomic E-state index is 12.4. The molecule has 1 aromatic carbocycles. The minimum Gasteiger partial charge on any atom is -0.316 e. The van der Waals surface area contributed by atoms with Crippen LogP contribution in [0.25, 0.3) is 0 Å². The fourth-order valence-corrected chi connectivity index (χ4v) is 3.59. The minimum atomic E-state index is -4.88. The molecule has 3 rings (SSSR count). The van der Waals surface area contributed by atoms with Gasteiger partial charge >= 0.3 is 6.30 Å². The van der Waals surface area contributed by atoms with Crippen LogP contribution in [0.3, 0.4) is 0 Å².